The fraction of sp³-hybridized carbons (Fsp3) is 0.286. The molecule has 0 atom stereocenters. The summed E-state index contributed by atoms with van der Waals surface area (Å²) in [4.78, 5) is 3.36. The Kier molecular flexibility index (Phi) is 2.75. The summed E-state index contributed by atoms with van der Waals surface area (Å²) in [6, 6.07) is 0.683. The average molecular weight is 227 g/mol. The van der Waals surface area contributed by atoms with Crippen molar-refractivity contribution in [2.75, 3.05) is 12.8 Å². The summed E-state index contributed by atoms with van der Waals surface area (Å²) in [6.07, 6.45) is -4.56. The van der Waals surface area contributed by atoms with Crippen LogP contribution in [0.15, 0.2) is 6.07 Å². The zero-order chi connectivity index (χ0) is 10.9. The van der Waals surface area contributed by atoms with E-state index in [9.17, 15) is 13.2 Å². The highest BCUT2D eigenvalue weighted by Crippen LogP contribution is 2.37. The predicted molar refractivity (Wildman–Crippen MR) is 45.2 cm³/mol. The van der Waals surface area contributed by atoms with Gasteiger partial charge in [-0.05, 0) is 6.07 Å². The summed E-state index contributed by atoms with van der Waals surface area (Å²) >= 11 is 5.41. The Morgan fingerprint density at radius 1 is 1.50 bits per heavy atom. The van der Waals surface area contributed by atoms with E-state index in [4.69, 9.17) is 17.3 Å². The summed E-state index contributed by atoms with van der Waals surface area (Å²) in [5.41, 5.74) is 4.18. The van der Waals surface area contributed by atoms with E-state index in [0.29, 0.717) is 6.07 Å². The fourth-order valence-corrected chi connectivity index (χ4v) is 0.995. The number of alkyl halides is 3. The first-order valence-corrected chi connectivity index (χ1v) is 3.81. The SMILES string of the molecule is COc1nc(N)c(Cl)cc1C(F)(F)F. The molecule has 78 valence electrons. The first-order valence-electron chi connectivity index (χ1n) is 3.43. The summed E-state index contributed by atoms with van der Waals surface area (Å²) in [6.45, 7) is 0. The van der Waals surface area contributed by atoms with Crippen LogP contribution in [0, 0.1) is 0 Å². The van der Waals surface area contributed by atoms with Crippen molar-refractivity contribution < 1.29 is 17.9 Å². The minimum Gasteiger partial charge on any atom is -0.481 e. The Balaban J connectivity index is 3.35. The minimum absolute atomic E-state index is 0.198. The van der Waals surface area contributed by atoms with Gasteiger partial charge in [0.25, 0.3) is 0 Å². The van der Waals surface area contributed by atoms with Gasteiger partial charge in [-0.3, -0.25) is 0 Å². The molecule has 14 heavy (non-hydrogen) atoms. The second-order valence-electron chi connectivity index (χ2n) is 2.41. The molecular weight excluding hydrogens is 221 g/mol. The van der Waals surface area contributed by atoms with Crippen molar-refractivity contribution in [2.45, 2.75) is 6.18 Å². The normalized spacial score (nSPS) is 11.5. The van der Waals surface area contributed by atoms with Gasteiger partial charge in [-0.2, -0.15) is 18.2 Å². The maximum atomic E-state index is 12.3. The van der Waals surface area contributed by atoms with Crippen LogP contribution < -0.4 is 10.5 Å². The zero-order valence-corrected chi connectivity index (χ0v) is 7.78. The summed E-state index contributed by atoms with van der Waals surface area (Å²) in [5, 5.41) is -0.252. The minimum atomic E-state index is -4.56. The van der Waals surface area contributed by atoms with Crippen LogP contribution in [-0.2, 0) is 6.18 Å². The van der Waals surface area contributed by atoms with Gasteiger partial charge in [-0.1, -0.05) is 11.6 Å². The lowest BCUT2D eigenvalue weighted by atomic mass is 10.2. The predicted octanol–water partition coefficient (Wildman–Crippen LogP) is 2.34. The van der Waals surface area contributed by atoms with Crippen molar-refractivity contribution in [3.8, 4) is 5.88 Å². The van der Waals surface area contributed by atoms with E-state index < -0.39 is 17.6 Å². The van der Waals surface area contributed by atoms with Crippen LogP contribution >= 0.6 is 11.6 Å². The Bertz CT molecular complexity index is 354. The lowest BCUT2D eigenvalue weighted by molar-refractivity contribution is -0.139. The standard InChI is InChI=1S/C7H6ClF3N2O/c1-14-6-3(7(9,10)11)2-4(8)5(12)13-6/h2H,1H3,(H2,12,13). The molecular formula is C7H6ClF3N2O. The lowest BCUT2D eigenvalue weighted by Gasteiger charge is -2.11. The lowest BCUT2D eigenvalue weighted by Crippen LogP contribution is -2.10. The third-order valence-corrected chi connectivity index (χ3v) is 1.77. The Hall–Kier alpha value is -1.17. The molecule has 1 heterocycles. The van der Waals surface area contributed by atoms with Gasteiger partial charge in [0.1, 0.15) is 11.4 Å². The van der Waals surface area contributed by atoms with Crippen molar-refractivity contribution in [1.82, 2.24) is 4.98 Å². The molecule has 0 aromatic carbocycles. The molecule has 0 aliphatic rings. The first kappa shape index (κ1) is 10.9. The van der Waals surface area contributed by atoms with Gasteiger partial charge in [-0.15, -0.1) is 0 Å². The molecule has 3 nitrogen and oxygen atoms in total. The van der Waals surface area contributed by atoms with E-state index in [2.05, 4.69) is 9.72 Å². The number of methoxy groups -OCH3 is 1. The van der Waals surface area contributed by atoms with Crippen molar-refractivity contribution >= 4 is 17.4 Å². The number of nitrogens with zero attached hydrogens (tertiary/aromatic N) is 1. The van der Waals surface area contributed by atoms with E-state index in [0.717, 1.165) is 7.11 Å². The van der Waals surface area contributed by atoms with Gasteiger partial charge in [0.15, 0.2) is 0 Å². The quantitative estimate of drug-likeness (QED) is 0.800. The van der Waals surface area contributed by atoms with Gasteiger partial charge < -0.3 is 10.5 Å². The Morgan fingerprint density at radius 2 is 2.07 bits per heavy atom. The van der Waals surface area contributed by atoms with Crippen molar-refractivity contribution in [1.29, 1.82) is 0 Å². The summed E-state index contributed by atoms with van der Waals surface area (Å²) in [7, 11) is 1.07. The van der Waals surface area contributed by atoms with Gasteiger partial charge >= 0.3 is 6.18 Å². The third-order valence-electron chi connectivity index (χ3n) is 1.47. The van der Waals surface area contributed by atoms with Crippen molar-refractivity contribution in [3.63, 3.8) is 0 Å². The smallest absolute Gasteiger partial charge is 0.421 e. The molecule has 0 saturated carbocycles. The Morgan fingerprint density at radius 3 is 2.50 bits per heavy atom. The second kappa shape index (κ2) is 3.53. The number of nitrogen functional groups attached to an aromatic ring is 1. The largest absolute Gasteiger partial charge is 0.481 e. The number of nitrogens with two attached hydrogens (primary N) is 1. The van der Waals surface area contributed by atoms with Crippen molar-refractivity contribution in [2.24, 2.45) is 0 Å². The van der Waals surface area contributed by atoms with Crippen LogP contribution in [0.4, 0.5) is 19.0 Å². The monoisotopic (exact) mass is 226 g/mol. The summed E-state index contributed by atoms with van der Waals surface area (Å²) < 4.78 is 41.4. The molecule has 2 N–H and O–H groups in total. The van der Waals surface area contributed by atoms with E-state index in [1.807, 2.05) is 0 Å². The van der Waals surface area contributed by atoms with Crippen LogP contribution in [0.5, 0.6) is 5.88 Å². The van der Waals surface area contributed by atoms with Crippen LogP contribution in [0.3, 0.4) is 0 Å². The summed E-state index contributed by atoms with van der Waals surface area (Å²) in [5.74, 6) is -0.782. The molecule has 0 saturated heterocycles. The molecule has 0 radical (unpaired) electrons. The molecule has 1 aromatic heterocycles. The van der Waals surface area contributed by atoms with Crippen LogP contribution in [-0.4, -0.2) is 12.1 Å². The van der Waals surface area contributed by atoms with Gasteiger partial charge in [0.05, 0.1) is 12.1 Å². The number of hydrogen-bond donors (Lipinski definition) is 1. The molecule has 1 aromatic rings. The molecule has 0 bridgehead atoms. The highest BCUT2D eigenvalue weighted by atomic mass is 35.5. The average Bonchev–Trinajstić information content (AvgIpc) is 2.07. The topological polar surface area (TPSA) is 48.1 Å². The maximum absolute atomic E-state index is 12.3. The molecule has 0 fully saturated rings. The highest BCUT2D eigenvalue weighted by molar-refractivity contribution is 6.32. The number of halogens is 4. The number of aromatic nitrogens is 1. The van der Waals surface area contributed by atoms with Crippen LogP contribution in [0.25, 0.3) is 0 Å². The Labute approximate surface area is 82.6 Å². The fourth-order valence-electron chi connectivity index (χ4n) is 0.844. The van der Waals surface area contributed by atoms with Crippen LogP contribution in [0.2, 0.25) is 5.02 Å². The molecule has 0 unspecified atom stereocenters. The molecule has 1 rings (SSSR count). The number of hydrogen-bond acceptors (Lipinski definition) is 3. The van der Waals surface area contributed by atoms with E-state index >= 15 is 0 Å². The van der Waals surface area contributed by atoms with Gasteiger partial charge in [-0.25, -0.2) is 0 Å². The van der Waals surface area contributed by atoms with E-state index in [-0.39, 0.29) is 10.8 Å². The zero-order valence-electron chi connectivity index (χ0n) is 7.02. The van der Waals surface area contributed by atoms with Crippen molar-refractivity contribution in [3.05, 3.63) is 16.7 Å². The number of pyridine rings is 1. The van der Waals surface area contributed by atoms with Gasteiger partial charge in [0.2, 0.25) is 5.88 Å². The number of rotatable bonds is 1. The van der Waals surface area contributed by atoms with Crippen LogP contribution in [0.1, 0.15) is 5.56 Å². The third kappa shape index (κ3) is 2.01. The van der Waals surface area contributed by atoms with Gasteiger partial charge in [0, 0.05) is 0 Å². The van der Waals surface area contributed by atoms with E-state index in [1.54, 1.807) is 0 Å². The highest BCUT2D eigenvalue weighted by Gasteiger charge is 2.36. The number of anilines is 1. The molecule has 0 spiro atoms. The molecule has 7 heteroatoms. The maximum Gasteiger partial charge on any atom is 0.421 e. The first-order chi connectivity index (χ1) is 6.36. The number of ether oxygens (including phenoxy) is 1. The molecule has 0 aliphatic heterocycles. The van der Waals surface area contributed by atoms with E-state index in [1.165, 1.54) is 0 Å². The second-order valence-corrected chi connectivity index (χ2v) is 2.82. The molecule has 0 amide bonds. The molecule has 0 aliphatic carbocycles.